The predicted octanol–water partition coefficient (Wildman–Crippen LogP) is 3.04. The average Bonchev–Trinajstić information content (AvgIpc) is 1.98. The molecule has 0 aromatic heterocycles. The van der Waals surface area contributed by atoms with Crippen LogP contribution in [0.3, 0.4) is 0 Å². The van der Waals surface area contributed by atoms with E-state index < -0.39 is 0 Å². The second-order valence-corrected chi connectivity index (χ2v) is 5.05. The van der Waals surface area contributed by atoms with Crippen molar-refractivity contribution in [3.05, 3.63) is 5.92 Å². The van der Waals surface area contributed by atoms with Crippen molar-refractivity contribution in [2.24, 2.45) is 23.7 Å². The Kier molecular flexibility index (Phi) is 1.20. The Morgan fingerprint density at radius 3 is 2.18 bits per heavy atom. The van der Waals surface area contributed by atoms with E-state index in [1.165, 1.54) is 12.8 Å². The van der Waals surface area contributed by atoms with Crippen LogP contribution in [0.2, 0.25) is 0 Å². The lowest BCUT2D eigenvalue weighted by Crippen LogP contribution is -2.42. The Labute approximate surface area is 69.4 Å². The lowest BCUT2D eigenvalue weighted by atomic mass is 9.52. The van der Waals surface area contributed by atoms with Gasteiger partial charge in [-0.2, -0.15) is 0 Å². The zero-order chi connectivity index (χ0) is 7.42. The third-order valence-electron chi connectivity index (χ3n) is 4.39. The van der Waals surface area contributed by atoms with Crippen molar-refractivity contribution < 1.29 is 0 Å². The van der Waals surface area contributed by atoms with Gasteiger partial charge in [0, 0.05) is 0 Å². The molecular weight excluding hydrogens is 132 g/mol. The first-order chi connectivity index (χ1) is 5.33. The third kappa shape index (κ3) is 0.816. The predicted molar refractivity (Wildman–Crippen MR) is 46.0 cm³/mol. The van der Waals surface area contributed by atoms with Crippen molar-refractivity contribution >= 4 is 0 Å². The molecule has 4 aliphatic carbocycles. The molecule has 61 valence electrons. The average molecular weight is 149 g/mol. The van der Waals surface area contributed by atoms with E-state index in [-0.39, 0.29) is 0 Å². The van der Waals surface area contributed by atoms with Gasteiger partial charge in [-0.05, 0) is 61.7 Å². The molecule has 1 radical (unpaired) electrons. The van der Waals surface area contributed by atoms with Crippen LogP contribution < -0.4 is 0 Å². The summed E-state index contributed by atoms with van der Waals surface area (Å²) in [6.45, 7) is 2.47. The zero-order valence-corrected chi connectivity index (χ0v) is 7.34. The first-order valence-corrected chi connectivity index (χ1v) is 5.17. The molecule has 4 rings (SSSR count). The molecule has 0 aliphatic heterocycles. The number of hydrogen-bond acceptors (Lipinski definition) is 0. The minimum Gasteiger partial charge on any atom is -0.0617 e. The quantitative estimate of drug-likeness (QED) is 0.496. The Balaban J connectivity index is 1.91. The fourth-order valence-corrected chi connectivity index (χ4v) is 3.89. The summed E-state index contributed by atoms with van der Waals surface area (Å²) in [5, 5.41) is 0. The third-order valence-corrected chi connectivity index (χ3v) is 4.39. The van der Waals surface area contributed by atoms with Crippen LogP contribution in [0.25, 0.3) is 0 Å². The van der Waals surface area contributed by atoms with Gasteiger partial charge < -0.3 is 0 Å². The normalized spacial score (nSPS) is 55.4. The maximum Gasteiger partial charge on any atom is -0.0205 e. The van der Waals surface area contributed by atoms with E-state index in [1.54, 1.807) is 19.3 Å². The molecule has 3 unspecified atom stereocenters. The van der Waals surface area contributed by atoms with E-state index in [2.05, 4.69) is 6.92 Å². The van der Waals surface area contributed by atoms with Crippen LogP contribution in [-0.2, 0) is 0 Å². The van der Waals surface area contributed by atoms with Crippen LogP contribution in [-0.4, -0.2) is 0 Å². The highest BCUT2D eigenvalue weighted by Crippen LogP contribution is 2.57. The highest BCUT2D eigenvalue weighted by molar-refractivity contribution is 5.11. The summed E-state index contributed by atoms with van der Waals surface area (Å²) in [6.07, 6.45) is 7.73. The monoisotopic (exact) mass is 149 g/mol. The SMILES string of the molecule is CC1[C]2CC3CC(C2)CC1C3. The Hall–Kier alpha value is 0. The van der Waals surface area contributed by atoms with Gasteiger partial charge in [0.2, 0.25) is 0 Å². The molecule has 11 heavy (non-hydrogen) atoms. The molecule has 0 heteroatoms. The molecule has 4 bridgehead atoms. The Bertz CT molecular complexity index is 143. The van der Waals surface area contributed by atoms with Crippen molar-refractivity contribution in [3.63, 3.8) is 0 Å². The maximum atomic E-state index is 2.47. The van der Waals surface area contributed by atoms with Gasteiger partial charge in [0.15, 0.2) is 0 Å². The highest BCUT2D eigenvalue weighted by Gasteiger charge is 2.46. The van der Waals surface area contributed by atoms with Crippen LogP contribution in [0, 0.1) is 29.6 Å². The highest BCUT2D eigenvalue weighted by atomic mass is 14.5. The fourth-order valence-electron chi connectivity index (χ4n) is 3.89. The molecule has 0 nitrogen and oxygen atoms in total. The van der Waals surface area contributed by atoms with Gasteiger partial charge in [-0.3, -0.25) is 0 Å². The van der Waals surface area contributed by atoms with Crippen molar-refractivity contribution in [1.82, 2.24) is 0 Å². The number of hydrogen-bond donors (Lipinski definition) is 0. The molecular formula is C11H17. The summed E-state index contributed by atoms with van der Waals surface area (Å²) < 4.78 is 0. The van der Waals surface area contributed by atoms with Crippen molar-refractivity contribution in [3.8, 4) is 0 Å². The molecule has 3 atom stereocenters. The van der Waals surface area contributed by atoms with Gasteiger partial charge in [0.1, 0.15) is 0 Å². The Morgan fingerprint density at radius 2 is 1.64 bits per heavy atom. The molecule has 4 fully saturated rings. The van der Waals surface area contributed by atoms with Crippen molar-refractivity contribution in [2.75, 3.05) is 0 Å². The van der Waals surface area contributed by atoms with Crippen LogP contribution in [0.5, 0.6) is 0 Å². The molecule has 4 saturated carbocycles. The van der Waals surface area contributed by atoms with Crippen LogP contribution in [0.1, 0.15) is 39.0 Å². The zero-order valence-electron chi connectivity index (χ0n) is 7.34. The van der Waals surface area contributed by atoms with Crippen LogP contribution in [0.15, 0.2) is 0 Å². The molecule has 0 aromatic carbocycles. The molecule has 0 N–H and O–H groups in total. The molecule has 0 spiro atoms. The molecule has 0 amide bonds. The van der Waals surface area contributed by atoms with Gasteiger partial charge in [-0.1, -0.05) is 6.92 Å². The molecule has 0 heterocycles. The largest absolute Gasteiger partial charge is 0.0617 e. The van der Waals surface area contributed by atoms with Gasteiger partial charge in [0.25, 0.3) is 0 Å². The summed E-state index contributed by atoms with van der Waals surface area (Å²) in [5.41, 5.74) is 0. The standard InChI is InChI=1S/C11H17/c1-7-10-3-8-2-9(5-10)6-11(7)4-8/h7-10H,2-6H2,1H3. The Morgan fingerprint density at radius 1 is 1.00 bits per heavy atom. The molecule has 0 aromatic rings. The first kappa shape index (κ1) is 6.51. The summed E-state index contributed by atoms with van der Waals surface area (Å²) in [5.74, 6) is 6.30. The van der Waals surface area contributed by atoms with Crippen LogP contribution >= 0.6 is 0 Å². The first-order valence-electron chi connectivity index (χ1n) is 5.17. The summed E-state index contributed by atoms with van der Waals surface area (Å²) >= 11 is 0. The van der Waals surface area contributed by atoms with Crippen molar-refractivity contribution in [1.29, 1.82) is 0 Å². The second kappa shape index (κ2) is 2.02. The number of rotatable bonds is 0. The van der Waals surface area contributed by atoms with Gasteiger partial charge in [-0.15, -0.1) is 0 Å². The fraction of sp³-hybridized carbons (Fsp3) is 0.909. The van der Waals surface area contributed by atoms with E-state index in [4.69, 9.17) is 0 Å². The van der Waals surface area contributed by atoms with E-state index >= 15 is 0 Å². The van der Waals surface area contributed by atoms with E-state index in [9.17, 15) is 0 Å². The van der Waals surface area contributed by atoms with Gasteiger partial charge >= 0.3 is 0 Å². The molecule has 0 saturated heterocycles. The van der Waals surface area contributed by atoms with E-state index in [0.29, 0.717) is 0 Å². The van der Waals surface area contributed by atoms with Gasteiger partial charge in [-0.25, -0.2) is 0 Å². The summed E-state index contributed by atoms with van der Waals surface area (Å²) in [7, 11) is 0. The minimum atomic E-state index is 1.00. The smallest absolute Gasteiger partial charge is 0.0205 e. The van der Waals surface area contributed by atoms with E-state index in [0.717, 1.165) is 23.7 Å². The lowest BCUT2D eigenvalue weighted by molar-refractivity contribution is 0.0501. The van der Waals surface area contributed by atoms with Crippen molar-refractivity contribution in [2.45, 2.75) is 39.0 Å². The molecule has 4 aliphatic rings. The topological polar surface area (TPSA) is 0 Å². The van der Waals surface area contributed by atoms with E-state index in [1.807, 2.05) is 5.92 Å². The summed E-state index contributed by atoms with van der Waals surface area (Å²) in [4.78, 5) is 0. The van der Waals surface area contributed by atoms with Gasteiger partial charge in [0.05, 0.1) is 0 Å². The van der Waals surface area contributed by atoms with Crippen LogP contribution in [0.4, 0.5) is 0 Å². The second-order valence-electron chi connectivity index (χ2n) is 5.05. The maximum absolute atomic E-state index is 2.47. The minimum absolute atomic E-state index is 1.00. The summed E-state index contributed by atoms with van der Waals surface area (Å²) in [6, 6.07) is 0. The lowest BCUT2D eigenvalue weighted by Gasteiger charge is -2.53.